The van der Waals surface area contributed by atoms with Gasteiger partial charge < -0.3 is 15.3 Å². The third-order valence-corrected chi connectivity index (χ3v) is 3.17. The van der Waals surface area contributed by atoms with Crippen molar-refractivity contribution in [1.82, 2.24) is 10.2 Å². The predicted octanol–water partition coefficient (Wildman–Crippen LogP) is 1.22. The van der Waals surface area contributed by atoms with Gasteiger partial charge in [0.25, 0.3) is 5.91 Å². The van der Waals surface area contributed by atoms with Crippen LogP contribution in [0.1, 0.15) is 23.7 Å². The summed E-state index contributed by atoms with van der Waals surface area (Å²) in [6.45, 7) is 4.51. The smallest absolute Gasteiger partial charge is 0.254 e. The van der Waals surface area contributed by atoms with E-state index in [1.165, 1.54) is 6.07 Å². The number of amides is 1. The first-order chi connectivity index (χ1) is 8.22. The predicted molar refractivity (Wildman–Crippen MR) is 66.1 cm³/mol. The second kappa shape index (κ2) is 5.19. The molecule has 0 saturated carbocycles. The zero-order valence-corrected chi connectivity index (χ0v) is 10.0. The Hall–Kier alpha value is -1.55. The molecule has 1 aromatic carbocycles. The van der Waals surface area contributed by atoms with Crippen molar-refractivity contribution in [3.8, 4) is 5.75 Å². The van der Waals surface area contributed by atoms with Gasteiger partial charge in [0.1, 0.15) is 5.75 Å². The van der Waals surface area contributed by atoms with E-state index in [9.17, 15) is 9.90 Å². The van der Waals surface area contributed by atoms with Crippen LogP contribution in [0.4, 0.5) is 0 Å². The first-order valence-electron chi connectivity index (χ1n) is 6.03. The van der Waals surface area contributed by atoms with Gasteiger partial charge in [-0.3, -0.25) is 4.79 Å². The molecule has 1 saturated heterocycles. The molecular formula is C13H18N2O2. The molecule has 1 unspecified atom stereocenters. The number of nitrogens with one attached hydrogen (secondary N) is 1. The molecule has 1 fully saturated rings. The van der Waals surface area contributed by atoms with Crippen molar-refractivity contribution >= 4 is 5.91 Å². The topological polar surface area (TPSA) is 52.6 Å². The molecule has 0 bridgehead atoms. The number of carbonyl (C=O) groups is 1. The fourth-order valence-electron chi connectivity index (χ4n) is 2.28. The minimum Gasteiger partial charge on any atom is -0.508 e. The molecule has 4 heteroatoms. The summed E-state index contributed by atoms with van der Waals surface area (Å²) in [4.78, 5) is 14.2. The Morgan fingerprint density at radius 2 is 2.41 bits per heavy atom. The van der Waals surface area contributed by atoms with E-state index in [0.29, 0.717) is 12.1 Å². The van der Waals surface area contributed by atoms with E-state index in [4.69, 9.17) is 0 Å². The van der Waals surface area contributed by atoms with Crippen LogP contribution in [-0.2, 0) is 0 Å². The summed E-state index contributed by atoms with van der Waals surface area (Å²) >= 11 is 0. The Kier molecular flexibility index (Phi) is 3.64. The Bertz CT molecular complexity index is 400. The monoisotopic (exact) mass is 234 g/mol. The lowest BCUT2D eigenvalue weighted by Gasteiger charge is -2.27. The van der Waals surface area contributed by atoms with Crippen molar-refractivity contribution in [2.75, 3.05) is 19.6 Å². The van der Waals surface area contributed by atoms with Crippen LogP contribution in [0.2, 0.25) is 0 Å². The molecule has 1 aliphatic rings. The minimum atomic E-state index is -0.00269. The minimum absolute atomic E-state index is 0.00269. The Balaban J connectivity index is 2.16. The first-order valence-corrected chi connectivity index (χ1v) is 6.03. The number of nitrogens with zero attached hydrogens (tertiary/aromatic N) is 1. The van der Waals surface area contributed by atoms with Crippen LogP contribution in [0.25, 0.3) is 0 Å². The van der Waals surface area contributed by atoms with Gasteiger partial charge in [-0.05, 0) is 38.1 Å². The molecule has 1 aromatic rings. The summed E-state index contributed by atoms with van der Waals surface area (Å²) in [6.07, 6.45) is 0.998. The van der Waals surface area contributed by atoms with Crippen LogP contribution in [0.3, 0.4) is 0 Å². The molecule has 0 spiro atoms. The van der Waals surface area contributed by atoms with Gasteiger partial charge in [0.2, 0.25) is 0 Å². The van der Waals surface area contributed by atoms with Crippen LogP contribution >= 0.6 is 0 Å². The highest BCUT2D eigenvalue weighted by Crippen LogP contribution is 2.16. The summed E-state index contributed by atoms with van der Waals surface area (Å²) in [5.41, 5.74) is 0.554. The van der Waals surface area contributed by atoms with Crippen LogP contribution in [0.15, 0.2) is 24.3 Å². The molecule has 0 aliphatic carbocycles. The summed E-state index contributed by atoms with van der Waals surface area (Å²) in [7, 11) is 0. The lowest BCUT2D eigenvalue weighted by Crippen LogP contribution is -2.41. The summed E-state index contributed by atoms with van der Waals surface area (Å²) < 4.78 is 0. The molecule has 92 valence electrons. The summed E-state index contributed by atoms with van der Waals surface area (Å²) in [5, 5.41) is 12.7. The quantitative estimate of drug-likeness (QED) is 0.826. The molecule has 0 radical (unpaired) electrons. The Morgan fingerprint density at radius 3 is 3.00 bits per heavy atom. The average Bonchev–Trinajstić information content (AvgIpc) is 2.83. The van der Waals surface area contributed by atoms with E-state index in [2.05, 4.69) is 5.32 Å². The number of hydrogen-bond donors (Lipinski definition) is 2. The summed E-state index contributed by atoms with van der Waals surface area (Å²) in [5.74, 6) is 0.133. The van der Waals surface area contributed by atoms with Gasteiger partial charge in [-0.25, -0.2) is 0 Å². The molecule has 1 aliphatic heterocycles. The highest BCUT2D eigenvalue weighted by Gasteiger charge is 2.25. The molecule has 2 rings (SSSR count). The number of phenolic OH excluding ortho intramolecular Hbond substituents is 1. The molecule has 4 nitrogen and oxygen atoms in total. The van der Waals surface area contributed by atoms with Gasteiger partial charge in [-0.2, -0.15) is 0 Å². The van der Waals surface area contributed by atoms with Crippen molar-refractivity contribution in [3.05, 3.63) is 29.8 Å². The van der Waals surface area contributed by atoms with Crippen molar-refractivity contribution in [2.45, 2.75) is 19.4 Å². The number of hydrogen-bond acceptors (Lipinski definition) is 3. The number of carbonyl (C=O) groups excluding carboxylic acids is 1. The van der Waals surface area contributed by atoms with Crippen molar-refractivity contribution in [2.24, 2.45) is 0 Å². The lowest BCUT2D eigenvalue weighted by atomic mass is 10.1. The molecule has 1 atom stereocenters. The summed E-state index contributed by atoms with van der Waals surface area (Å²) in [6, 6.07) is 6.81. The van der Waals surface area contributed by atoms with E-state index in [1.807, 2.05) is 11.8 Å². The second-order valence-corrected chi connectivity index (χ2v) is 4.29. The third kappa shape index (κ3) is 2.58. The van der Waals surface area contributed by atoms with Crippen LogP contribution < -0.4 is 5.32 Å². The second-order valence-electron chi connectivity index (χ2n) is 4.29. The highest BCUT2D eigenvalue weighted by atomic mass is 16.3. The SMILES string of the molecule is CCN(C(=O)c1cccc(O)c1)C1CCNC1. The Morgan fingerprint density at radius 1 is 1.59 bits per heavy atom. The number of aromatic hydroxyl groups is 1. The van der Waals surface area contributed by atoms with E-state index >= 15 is 0 Å². The van der Waals surface area contributed by atoms with E-state index in [-0.39, 0.29) is 17.7 Å². The van der Waals surface area contributed by atoms with Gasteiger partial charge >= 0.3 is 0 Å². The van der Waals surface area contributed by atoms with Gasteiger partial charge in [0, 0.05) is 24.7 Å². The van der Waals surface area contributed by atoms with E-state index in [1.54, 1.807) is 18.2 Å². The maximum Gasteiger partial charge on any atom is 0.254 e. The molecular weight excluding hydrogens is 216 g/mol. The average molecular weight is 234 g/mol. The molecule has 0 aromatic heterocycles. The van der Waals surface area contributed by atoms with Crippen LogP contribution in [0.5, 0.6) is 5.75 Å². The third-order valence-electron chi connectivity index (χ3n) is 3.17. The molecule has 1 amide bonds. The largest absolute Gasteiger partial charge is 0.508 e. The lowest BCUT2D eigenvalue weighted by molar-refractivity contribution is 0.0703. The fraction of sp³-hybridized carbons (Fsp3) is 0.462. The van der Waals surface area contributed by atoms with E-state index in [0.717, 1.165) is 19.5 Å². The zero-order chi connectivity index (χ0) is 12.3. The number of phenols is 1. The maximum absolute atomic E-state index is 12.3. The van der Waals surface area contributed by atoms with Crippen molar-refractivity contribution in [3.63, 3.8) is 0 Å². The highest BCUT2D eigenvalue weighted by molar-refractivity contribution is 5.94. The molecule has 17 heavy (non-hydrogen) atoms. The standard InChI is InChI=1S/C13H18N2O2/c1-2-15(11-6-7-14-9-11)13(17)10-4-3-5-12(16)8-10/h3-5,8,11,14,16H,2,6-7,9H2,1H3. The van der Waals surface area contributed by atoms with Crippen LogP contribution in [0, 0.1) is 0 Å². The first kappa shape index (κ1) is 11.9. The number of likely N-dealkylation sites (N-methyl/N-ethyl adjacent to an activating group) is 1. The fourth-order valence-corrected chi connectivity index (χ4v) is 2.28. The van der Waals surface area contributed by atoms with E-state index < -0.39 is 0 Å². The molecule has 1 heterocycles. The van der Waals surface area contributed by atoms with Gasteiger partial charge in [-0.15, -0.1) is 0 Å². The normalized spacial score (nSPS) is 19.2. The number of benzene rings is 1. The van der Waals surface area contributed by atoms with Gasteiger partial charge in [0.05, 0.1) is 0 Å². The maximum atomic E-state index is 12.3. The van der Waals surface area contributed by atoms with Gasteiger partial charge in [-0.1, -0.05) is 6.07 Å². The number of rotatable bonds is 3. The van der Waals surface area contributed by atoms with Crippen LogP contribution in [-0.4, -0.2) is 41.6 Å². The Labute approximate surface area is 101 Å². The van der Waals surface area contributed by atoms with Crippen molar-refractivity contribution in [1.29, 1.82) is 0 Å². The van der Waals surface area contributed by atoms with Crippen molar-refractivity contribution < 1.29 is 9.90 Å². The van der Waals surface area contributed by atoms with Gasteiger partial charge in [0.15, 0.2) is 0 Å². The zero-order valence-electron chi connectivity index (χ0n) is 10.0. The molecule has 2 N–H and O–H groups in total.